The number of likely N-dealkylation sites (tertiary alicyclic amines) is 1. The van der Waals surface area contributed by atoms with Crippen molar-refractivity contribution < 1.29 is 14.7 Å². The molecule has 1 aliphatic heterocycles. The molecule has 1 aromatic rings. The zero-order valence-electron chi connectivity index (χ0n) is 10.0. The van der Waals surface area contributed by atoms with Gasteiger partial charge in [-0.1, -0.05) is 0 Å². The fourth-order valence-electron chi connectivity index (χ4n) is 2.00. The number of carbonyl (C=O) groups is 2. The number of carbonyl (C=O) groups excluding carboxylic acids is 1. The lowest BCUT2D eigenvalue weighted by Crippen LogP contribution is -2.46. The van der Waals surface area contributed by atoms with Crippen molar-refractivity contribution in [1.82, 2.24) is 9.88 Å². The van der Waals surface area contributed by atoms with Gasteiger partial charge in [-0.25, -0.2) is 4.98 Å². The Kier molecular flexibility index (Phi) is 3.93. The van der Waals surface area contributed by atoms with Gasteiger partial charge >= 0.3 is 5.97 Å². The molecule has 1 amide bonds. The van der Waals surface area contributed by atoms with Crippen molar-refractivity contribution in [2.45, 2.75) is 19.9 Å². The second-order valence-electron chi connectivity index (χ2n) is 4.48. The number of aliphatic carboxylic acids is 1. The number of thiazole rings is 1. The van der Waals surface area contributed by atoms with E-state index in [1.165, 1.54) is 18.3 Å². The van der Waals surface area contributed by atoms with Crippen molar-refractivity contribution in [3.63, 3.8) is 0 Å². The minimum absolute atomic E-state index is 0.124. The topological polar surface area (TPSA) is 82.5 Å². The monoisotopic (exact) mass is 269 g/mol. The van der Waals surface area contributed by atoms with Crippen LogP contribution in [0.15, 0.2) is 5.38 Å². The van der Waals surface area contributed by atoms with Gasteiger partial charge in [0.2, 0.25) is 5.91 Å². The molecule has 2 rings (SSSR count). The highest BCUT2D eigenvalue weighted by atomic mass is 32.1. The lowest BCUT2D eigenvalue weighted by molar-refractivity contribution is -0.139. The van der Waals surface area contributed by atoms with Gasteiger partial charge in [0.1, 0.15) is 0 Å². The second kappa shape index (κ2) is 5.45. The van der Waals surface area contributed by atoms with E-state index in [2.05, 4.69) is 15.2 Å². The van der Waals surface area contributed by atoms with E-state index in [0.717, 1.165) is 18.8 Å². The fourth-order valence-corrected chi connectivity index (χ4v) is 2.75. The van der Waals surface area contributed by atoms with Gasteiger partial charge in [0.05, 0.1) is 12.1 Å². The summed E-state index contributed by atoms with van der Waals surface area (Å²) >= 11 is 1.40. The molecule has 0 saturated carbocycles. The number of rotatable bonds is 5. The standard InChI is InChI=1S/C11H15N3O3S/c1-7(15)12-11-13-9(6-18-11)5-14-3-8(4-14)2-10(16)17/h6,8H,2-5H2,1H3,(H,16,17)(H,12,13,15). The Hall–Kier alpha value is -1.47. The minimum Gasteiger partial charge on any atom is -0.481 e. The van der Waals surface area contributed by atoms with Crippen molar-refractivity contribution in [3.05, 3.63) is 11.1 Å². The molecule has 0 spiro atoms. The number of hydrogen-bond acceptors (Lipinski definition) is 5. The van der Waals surface area contributed by atoms with Gasteiger partial charge < -0.3 is 10.4 Å². The van der Waals surface area contributed by atoms with Crippen LogP contribution in [0.2, 0.25) is 0 Å². The highest BCUT2D eigenvalue weighted by Gasteiger charge is 2.28. The third kappa shape index (κ3) is 3.51. The summed E-state index contributed by atoms with van der Waals surface area (Å²) in [5, 5.41) is 13.8. The Morgan fingerprint density at radius 1 is 1.61 bits per heavy atom. The molecule has 7 heteroatoms. The zero-order chi connectivity index (χ0) is 13.1. The van der Waals surface area contributed by atoms with Crippen molar-refractivity contribution >= 4 is 28.3 Å². The first-order valence-electron chi connectivity index (χ1n) is 5.69. The van der Waals surface area contributed by atoms with Gasteiger partial charge in [-0.05, 0) is 5.92 Å². The van der Waals surface area contributed by atoms with E-state index in [-0.39, 0.29) is 18.2 Å². The van der Waals surface area contributed by atoms with E-state index in [1.807, 2.05) is 5.38 Å². The van der Waals surface area contributed by atoms with Crippen LogP contribution in [-0.2, 0) is 16.1 Å². The average molecular weight is 269 g/mol. The molecule has 0 atom stereocenters. The summed E-state index contributed by atoms with van der Waals surface area (Å²) in [5.41, 5.74) is 0.914. The molecular weight excluding hydrogens is 254 g/mol. The van der Waals surface area contributed by atoms with E-state index in [4.69, 9.17) is 5.11 Å². The molecule has 2 heterocycles. The molecule has 0 aromatic carbocycles. The molecule has 6 nitrogen and oxygen atoms in total. The summed E-state index contributed by atoms with van der Waals surface area (Å²) in [5.74, 6) is -0.599. The molecule has 0 unspecified atom stereocenters. The highest BCUT2D eigenvalue weighted by molar-refractivity contribution is 7.13. The highest BCUT2D eigenvalue weighted by Crippen LogP contribution is 2.23. The maximum absolute atomic E-state index is 10.8. The van der Waals surface area contributed by atoms with Crippen LogP contribution in [0.5, 0.6) is 0 Å². The summed E-state index contributed by atoms with van der Waals surface area (Å²) in [7, 11) is 0. The largest absolute Gasteiger partial charge is 0.481 e. The molecule has 0 aliphatic carbocycles. The molecule has 18 heavy (non-hydrogen) atoms. The van der Waals surface area contributed by atoms with Crippen molar-refractivity contribution in [1.29, 1.82) is 0 Å². The summed E-state index contributed by atoms with van der Waals surface area (Å²) in [4.78, 5) is 27.8. The van der Waals surface area contributed by atoms with E-state index in [0.29, 0.717) is 11.7 Å². The molecule has 0 radical (unpaired) electrons. The number of nitrogens with zero attached hydrogens (tertiary/aromatic N) is 2. The van der Waals surface area contributed by atoms with E-state index in [9.17, 15) is 9.59 Å². The number of anilines is 1. The maximum Gasteiger partial charge on any atom is 0.303 e. The lowest BCUT2D eigenvalue weighted by atomic mass is 9.96. The van der Waals surface area contributed by atoms with E-state index >= 15 is 0 Å². The second-order valence-corrected chi connectivity index (χ2v) is 5.34. The van der Waals surface area contributed by atoms with Crippen LogP contribution >= 0.6 is 11.3 Å². The Morgan fingerprint density at radius 3 is 2.94 bits per heavy atom. The Bertz CT molecular complexity index is 454. The quantitative estimate of drug-likeness (QED) is 0.833. The molecule has 0 bridgehead atoms. The molecule has 98 valence electrons. The zero-order valence-corrected chi connectivity index (χ0v) is 10.9. The van der Waals surface area contributed by atoms with Gasteiger partial charge in [-0.15, -0.1) is 11.3 Å². The van der Waals surface area contributed by atoms with Gasteiger partial charge in [0, 0.05) is 31.9 Å². The molecule has 1 saturated heterocycles. The number of amides is 1. The van der Waals surface area contributed by atoms with Crippen LogP contribution in [0.1, 0.15) is 19.0 Å². The van der Waals surface area contributed by atoms with Crippen LogP contribution in [0.3, 0.4) is 0 Å². The van der Waals surface area contributed by atoms with Crippen LogP contribution in [0.4, 0.5) is 5.13 Å². The number of aromatic nitrogens is 1. The maximum atomic E-state index is 10.8. The van der Waals surface area contributed by atoms with Gasteiger partial charge in [-0.3, -0.25) is 14.5 Å². The Balaban J connectivity index is 1.76. The van der Waals surface area contributed by atoms with Gasteiger partial charge in [0.15, 0.2) is 5.13 Å². The van der Waals surface area contributed by atoms with Gasteiger partial charge in [0.25, 0.3) is 0 Å². The van der Waals surface area contributed by atoms with Crippen molar-refractivity contribution in [2.75, 3.05) is 18.4 Å². The molecular formula is C11H15N3O3S. The predicted octanol–water partition coefficient (Wildman–Crippen LogP) is 1.01. The number of carboxylic acid groups (broad SMARTS) is 1. The van der Waals surface area contributed by atoms with E-state index in [1.54, 1.807) is 0 Å². The first-order valence-corrected chi connectivity index (χ1v) is 6.57. The fraction of sp³-hybridized carbons (Fsp3) is 0.545. The normalized spacial score (nSPS) is 16.3. The Labute approximate surface area is 109 Å². The SMILES string of the molecule is CC(=O)Nc1nc(CN2CC(CC(=O)O)C2)cs1. The molecule has 1 fully saturated rings. The first-order chi connectivity index (χ1) is 8.52. The van der Waals surface area contributed by atoms with Crippen LogP contribution in [0, 0.1) is 5.92 Å². The summed E-state index contributed by atoms with van der Waals surface area (Å²) in [6, 6.07) is 0. The third-order valence-electron chi connectivity index (χ3n) is 2.72. The summed E-state index contributed by atoms with van der Waals surface area (Å²) < 4.78 is 0. The summed E-state index contributed by atoms with van der Waals surface area (Å²) in [6.45, 7) is 3.78. The molecule has 1 aliphatic rings. The molecule has 1 aromatic heterocycles. The smallest absolute Gasteiger partial charge is 0.303 e. The van der Waals surface area contributed by atoms with Crippen molar-refractivity contribution in [3.8, 4) is 0 Å². The number of nitrogens with one attached hydrogen (secondary N) is 1. The predicted molar refractivity (Wildman–Crippen MR) is 67.4 cm³/mol. The number of carboxylic acids is 1. The lowest BCUT2D eigenvalue weighted by Gasteiger charge is -2.38. The van der Waals surface area contributed by atoms with Gasteiger partial charge in [-0.2, -0.15) is 0 Å². The Morgan fingerprint density at radius 2 is 2.33 bits per heavy atom. The van der Waals surface area contributed by atoms with Crippen LogP contribution in [-0.4, -0.2) is 40.0 Å². The number of hydrogen-bond donors (Lipinski definition) is 2. The average Bonchev–Trinajstić information content (AvgIpc) is 2.60. The van der Waals surface area contributed by atoms with Crippen LogP contribution in [0.25, 0.3) is 0 Å². The first kappa shape index (κ1) is 13.0. The summed E-state index contributed by atoms with van der Waals surface area (Å²) in [6.07, 6.45) is 0.241. The van der Waals surface area contributed by atoms with Crippen molar-refractivity contribution in [2.24, 2.45) is 5.92 Å². The van der Waals surface area contributed by atoms with E-state index < -0.39 is 5.97 Å². The minimum atomic E-state index is -0.735. The third-order valence-corrected chi connectivity index (χ3v) is 3.52. The molecule has 2 N–H and O–H groups in total. The van der Waals surface area contributed by atoms with Crippen LogP contribution < -0.4 is 5.32 Å².